The van der Waals surface area contributed by atoms with Crippen molar-refractivity contribution in [1.29, 1.82) is 0 Å². The number of carbonyl (C=O) groups is 1. The van der Waals surface area contributed by atoms with E-state index in [-0.39, 0.29) is 11.3 Å². The number of nitrogens with zero attached hydrogens (tertiary/aromatic N) is 2. The van der Waals surface area contributed by atoms with E-state index in [1.165, 1.54) is 16.7 Å². The summed E-state index contributed by atoms with van der Waals surface area (Å²) >= 11 is 0. The highest BCUT2D eigenvalue weighted by Crippen LogP contribution is 2.43. The number of benzene rings is 2. The van der Waals surface area contributed by atoms with Gasteiger partial charge in [-0.25, -0.2) is 0 Å². The quantitative estimate of drug-likeness (QED) is 0.605. The van der Waals surface area contributed by atoms with Gasteiger partial charge in [-0.1, -0.05) is 78.8 Å². The van der Waals surface area contributed by atoms with Crippen LogP contribution in [0.15, 0.2) is 71.3 Å². The first kappa shape index (κ1) is 18.9. The summed E-state index contributed by atoms with van der Waals surface area (Å²) in [4.78, 5) is 14.9. The predicted octanol–water partition coefficient (Wildman–Crippen LogP) is 5.22. The fourth-order valence-electron chi connectivity index (χ4n) is 4.86. The molecule has 1 unspecified atom stereocenters. The second-order valence-corrected chi connectivity index (χ2v) is 8.57. The molecule has 1 fully saturated rings. The fraction of sp³-hybridized carbons (Fsp3) is 0.308. The summed E-state index contributed by atoms with van der Waals surface area (Å²) in [6.07, 6.45) is 7.20. The predicted molar refractivity (Wildman–Crippen MR) is 117 cm³/mol. The third kappa shape index (κ3) is 3.36. The number of fused-ring (bicyclic) bond motifs is 2. The summed E-state index contributed by atoms with van der Waals surface area (Å²) in [5.74, 6) is 0.623. The minimum atomic E-state index is -0.0498. The Balaban J connectivity index is 1.23. The van der Waals surface area contributed by atoms with Crippen LogP contribution in [-0.4, -0.2) is 29.1 Å². The van der Waals surface area contributed by atoms with E-state index in [0.717, 1.165) is 38.0 Å². The van der Waals surface area contributed by atoms with Crippen molar-refractivity contribution in [1.82, 2.24) is 10.1 Å². The number of amides is 1. The molecule has 1 saturated heterocycles. The molecule has 152 valence electrons. The molecule has 1 aliphatic carbocycles. The van der Waals surface area contributed by atoms with Gasteiger partial charge >= 0.3 is 0 Å². The summed E-state index contributed by atoms with van der Waals surface area (Å²) in [5.41, 5.74) is 4.87. The summed E-state index contributed by atoms with van der Waals surface area (Å²) in [6.45, 7) is 3.63. The Morgan fingerprint density at radius 2 is 1.83 bits per heavy atom. The van der Waals surface area contributed by atoms with Crippen molar-refractivity contribution in [3.63, 3.8) is 0 Å². The molecule has 1 spiro atoms. The van der Waals surface area contributed by atoms with E-state index in [4.69, 9.17) is 4.52 Å². The van der Waals surface area contributed by atoms with Gasteiger partial charge < -0.3 is 9.42 Å². The maximum Gasteiger partial charge on any atom is 0.292 e. The molecule has 4 heteroatoms. The van der Waals surface area contributed by atoms with Gasteiger partial charge in [0.05, 0.1) is 5.69 Å². The molecule has 1 aliphatic heterocycles. The van der Waals surface area contributed by atoms with Gasteiger partial charge in [0.2, 0.25) is 5.76 Å². The SMILES string of the molecule is CC(Cc1cc(C(=O)N2CCC3(C=Cc4ccccc43)CC2)on1)c1ccccc1. The first-order valence-corrected chi connectivity index (χ1v) is 10.7. The average molecular weight is 399 g/mol. The Kier molecular flexibility index (Phi) is 4.78. The van der Waals surface area contributed by atoms with Crippen LogP contribution in [0.2, 0.25) is 0 Å². The second kappa shape index (κ2) is 7.60. The van der Waals surface area contributed by atoms with E-state index in [1.807, 2.05) is 29.2 Å². The van der Waals surface area contributed by atoms with Crippen molar-refractivity contribution >= 4 is 12.0 Å². The van der Waals surface area contributed by atoms with Crippen molar-refractivity contribution in [2.45, 2.75) is 37.5 Å². The normalized spacial score (nSPS) is 17.8. The molecule has 2 aromatic carbocycles. The van der Waals surface area contributed by atoms with E-state index in [1.54, 1.807) is 0 Å². The molecule has 1 aromatic heterocycles. The van der Waals surface area contributed by atoms with Crippen molar-refractivity contribution in [3.8, 4) is 0 Å². The lowest BCUT2D eigenvalue weighted by Crippen LogP contribution is -2.43. The molecular weight excluding hydrogens is 372 g/mol. The Bertz CT molecular complexity index is 1080. The number of carbonyl (C=O) groups excluding carboxylic acids is 1. The van der Waals surface area contributed by atoms with Crippen molar-refractivity contribution in [3.05, 3.63) is 94.9 Å². The van der Waals surface area contributed by atoms with Gasteiger partial charge in [0.1, 0.15) is 0 Å². The zero-order valence-electron chi connectivity index (χ0n) is 17.3. The summed E-state index contributed by atoms with van der Waals surface area (Å²) < 4.78 is 5.43. The molecule has 0 bridgehead atoms. The smallest absolute Gasteiger partial charge is 0.292 e. The topological polar surface area (TPSA) is 46.3 Å². The van der Waals surface area contributed by atoms with Crippen LogP contribution in [0.1, 0.15) is 58.6 Å². The zero-order chi connectivity index (χ0) is 20.6. The summed E-state index contributed by atoms with van der Waals surface area (Å²) in [7, 11) is 0. The van der Waals surface area contributed by atoms with Crippen molar-refractivity contribution in [2.75, 3.05) is 13.1 Å². The van der Waals surface area contributed by atoms with E-state index < -0.39 is 0 Å². The first-order chi connectivity index (χ1) is 14.6. The number of hydrogen-bond donors (Lipinski definition) is 0. The van der Waals surface area contributed by atoms with Gasteiger partial charge in [-0.05, 0) is 41.9 Å². The van der Waals surface area contributed by atoms with Crippen LogP contribution < -0.4 is 0 Å². The van der Waals surface area contributed by atoms with Crippen molar-refractivity contribution < 1.29 is 9.32 Å². The molecule has 5 rings (SSSR count). The lowest BCUT2D eigenvalue weighted by atomic mass is 9.74. The number of allylic oxidation sites excluding steroid dienone is 1. The number of likely N-dealkylation sites (tertiary alicyclic amines) is 1. The highest BCUT2D eigenvalue weighted by molar-refractivity contribution is 5.91. The first-order valence-electron chi connectivity index (χ1n) is 10.7. The van der Waals surface area contributed by atoms with E-state index >= 15 is 0 Å². The van der Waals surface area contributed by atoms with Crippen LogP contribution in [0.25, 0.3) is 6.08 Å². The summed E-state index contributed by atoms with van der Waals surface area (Å²) in [6, 6.07) is 20.8. The Morgan fingerprint density at radius 1 is 1.10 bits per heavy atom. The largest absolute Gasteiger partial charge is 0.351 e. The standard InChI is InChI=1S/C26H26N2O2/c1-19(20-7-3-2-4-8-20)17-22-18-24(30-27-22)25(29)28-15-13-26(14-16-28)12-11-21-9-5-6-10-23(21)26/h2-12,18-19H,13-17H2,1H3. The summed E-state index contributed by atoms with van der Waals surface area (Å²) in [5, 5.41) is 4.16. The van der Waals surface area contributed by atoms with Crippen LogP contribution in [0.4, 0.5) is 0 Å². The van der Waals surface area contributed by atoms with Gasteiger partial charge in [0.15, 0.2) is 0 Å². The second-order valence-electron chi connectivity index (χ2n) is 8.57. The van der Waals surface area contributed by atoms with E-state index in [0.29, 0.717) is 11.7 Å². The molecule has 2 heterocycles. The number of hydrogen-bond acceptors (Lipinski definition) is 3. The van der Waals surface area contributed by atoms with Crippen LogP contribution in [0.3, 0.4) is 0 Å². The lowest BCUT2D eigenvalue weighted by Gasteiger charge is -2.38. The van der Waals surface area contributed by atoms with Crippen LogP contribution in [0, 0.1) is 0 Å². The fourth-order valence-corrected chi connectivity index (χ4v) is 4.86. The van der Waals surface area contributed by atoms with Gasteiger partial charge in [0.25, 0.3) is 5.91 Å². The van der Waals surface area contributed by atoms with Crippen LogP contribution in [0.5, 0.6) is 0 Å². The maximum absolute atomic E-state index is 13.0. The third-order valence-corrected chi connectivity index (χ3v) is 6.68. The molecule has 3 aromatic rings. The van der Waals surface area contributed by atoms with E-state index in [2.05, 4.69) is 60.6 Å². The molecule has 4 nitrogen and oxygen atoms in total. The van der Waals surface area contributed by atoms with Crippen LogP contribution in [-0.2, 0) is 11.8 Å². The minimum Gasteiger partial charge on any atom is -0.351 e. The Hall–Kier alpha value is -3.14. The highest BCUT2D eigenvalue weighted by Gasteiger charge is 2.39. The van der Waals surface area contributed by atoms with Crippen molar-refractivity contribution in [2.24, 2.45) is 0 Å². The van der Waals surface area contributed by atoms with Crippen LogP contribution >= 0.6 is 0 Å². The number of piperidine rings is 1. The molecule has 1 amide bonds. The molecule has 2 aliphatic rings. The van der Waals surface area contributed by atoms with E-state index in [9.17, 15) is 4.79 Å². The van der Waals surface area contributed by atoms with Gasteiger partial charge in [0, 0.05) is 24.6 Å². The highest BCUT2D eigenvalue weighted by atomic mass is 16.5. The molecule has 0 radical (unpaired) electrons. The maximum atomic E-state index is 13.0. The molecule has 30 heavy (non-hydrogen) atoms. The van der Waals surface area contributed by atoms with Gasteiger partial charge in [-0.15, -0.1) is 0 Å². The molecule has 0 N–H and O–H groups in total. The Labute approximate surface area is 177 Å². The monoisotopic (exact) mass is 398 g/mol. The average Bonchev–Trinajstić information content (AvgIpc) is 3.40. The lowest BCUT2D eigenvalue weighted by molar-refractivity contribution is 0.0648. The van der Waals surface area contributed by atoms with Gasteiger partial charge in [-0.2, -0.15) is 0 Å². The molecular formula is C26H26N2O2. The zero-order valence-corrected chi connectivity index (χ0v) is 17.3. The molecule has 0 saturated carbocycles. The number of aromatic nitrogens is 1. The third-order valence-electron chi connectivity index (χ3n) is 6.68. The number of rotatable bonds is 4. The Morgan fingerprint density at radius 3 is 2.63 bits per heavy atom. The molecule has 1 atom stereocenters. The minimum absolute atomic E-state index is 0.0498. The van der Waals surface area contributed by atoms with Gasteiger partial charge in [-0.3, -0.25) is 4.79 Å².